The summed E-state index contributed by atoms with van der Waals surface area (Å²) in [5.41, 5.74) is 0.929. The van der Waals surface area contributed by atoms with Gasteiger partial charge in [-0.3, -0.25) is 4.79 Å². The fourth-order valence-electron chi connectivity index (χ4n) is 4.38. The molecule has 30 heavy (non-hydrogen) atoms. The van der Waals surface area contributed by atoms with Crippen LogP contribution in [0.5, 0.6) is 0 Å². The van der Waals surface area contributed by atoms with E-state index in [9.17, 15) is 22.8 Å². The van der Waals surface area contributed by atoms with Gasteiger partial charge in [-0.05, 0) is 44.7 Å². The van der Waals surface area contributed by atoms with E-state index in [0.717, 1.165) is 25.4 Å². The summed E-state index contributed by atoms with van der Waals surface area (Å²) in [7, 11) is 0. The smallest absolute Gasteiger partial charge is 0.425 e. The average Bonchev–Trinajstić information content (AvgIpc) is 3.33. The number of piperidine rings is 1. The van der Waals surface area contributed by atoms with E-state index in [1.807, 2.05) is 4.90 Å². The van der Waals surface area contributed by atoms with Crippen molar-refractivity contribution >= 4 is 17.6 Å². The Balaban J connectivity index is 1.43. The Morgan fingerprint density at radius 1 is 1.17 bits per heavy atom. The molecule has 4 heterocycles. The standard InChI is InChI=1S/C20H23F3N4O3/c1-14(20(21,22)23)30-18(29)25-10-6-19(7-11-25)5-2-9-27(19)17(28)15-3-4-16-24-8-12-26(16)13-15/h3-4,8,12-14H,2,5-7,9-11H2,1H3. The molecule has 2 aliphatic rings. The number of alkyl halides is 3. The Morgan fingerprint density at radius 2 is 1.90 bits per heavy atom. The minimum atomic E-state index is -4.59. The molecule has 162 valence electrons. The van der Waals surface area contributed by atoms with Gasteiger partial charge < -0.3 is 18.9 Å². The SMILES string of the molecule is CC(OC(=O)N1CCC2(CCCN2C(=O)c2ccc3nccn3c2)CC1)C(F)(F)F. The van der Waals surface area contributed by atoms with Crippen molar-refractivity contribution in [3.05, 3.63) is 36.3 Å². The first-order valence-electron chi connectivity index (χ1n) is 9.97. The van der Waals surface area contributed by atoms with E-state index in [0.29, 0.717) is 24.9 Å². The van der Waals surface area contributed by atoms with Gasteiger partial charge in [0.1, 0.15) is 5.65 Å². The summed E-state index contributed by atoms with van der Waals surface area (Å²) in [5.74, 6) is -0.0789. The summed E-state index contributed by atoms with van der Waals surface area (Å²) in [6.45, 7) is 1.95. The Bertz CT molecular complexity index is 950. The number of likely N-dealkylation sites (tertiary alicyclic amines) is 2. The quantitative estimate of drug-likeness (QED) is 0.740. The number of rotatable bonds is 2. The van der Waals surface area contributed by atoms with Crippen molar-refractivity contribution < 1.29 is 27.5 Å². The van der Waals surface area contributed by atoms with Gasteiger partial charge in [0.05, 0.1) is 5.56 Å². The summed E-state index contributed by atoms with van der Waals surface area (Å²) < 4.78 is 44.3. The van der Waals surface area contributed by atoms with Crippen LogP contribution in [-0.2, 0) is 4.74 Å². The van der Waals surface area contributed by atoms with Gasteiger partial charge in [-0.1, -0.05) is 0 Å². The molecule has 0 radical (unpaired) electrons. The Morgan fingerprint density at radius 3 is 2.60 bits per heavy atom. The van der Waals surface area contributed by atoms with Crippen molar-refractivity contribution in [1.29, 1.82) is 0 Å². The number of pyridine rings is 1. The van der Waals surface area contributed by atoms with Crippen LogP contribution in [0, 0.1) is 0 Å². The van der Waals surface area contributed by atoms with E-state index in [1.54, 1.807) is 35.1 Å². The Hall–Kier alpha value is -2.78. The summed E-state index contributed by atoms with van der Waals surface area (Å²) >= 11 is 0. The van der Waals surface area contributed by atoms with E-state index < -0.39 is 18.4 Å². The molecule has 0 aromatic carbocycles. The minimum absolute atomic E-state index is 0.0789. The first-order valence-corrected chi connectivity index (χ1v) is 9.97. The molecule has 1 unspecified atom stereocenters. The van der Waals surface area contributed by atoms with Crippen LogP contribution in [0.3, 0.4) is 0 Å². The monoisotopic (exact) mass is 424 g/mol. The lowest BCUT2D eigenvalue weighted by molar-refractivity contribution is -0.200. The van der Waals surface area contributed by atoms with Gasteiger partial charge in [-0.2, -0.15) is 13.2 Å². The lowest BCUT2D eigenvalue weighted by Gasteiger charge is -2.44. The van der Waals surface area contributed by atoms with Crippen LogP contribution in [0.15, 0.2) is 30.7 Å². The fraction of sp³-hybridized carbons (Fsp3) is 0.550. The molecule has 0 bridgehead atoms. The summed E-state index contributed by atoms with van der Waals surface area (Å²) in [6.07, 6.45) is 0.192. The maximum Gasteiger partial charge on any atom is 0.425 e. The molecule has 7 nitrogen and oxygen atoms in total. The third kappa shape index (κ3) is 3.70. The molecular weight excluding hydrogens is 401 g/mol. The Labute approximate surface area is 171 Å². The minimum Gasteiger partial charge on any atom is -0.437 e. The zero-order valence-corrected chi connectivity index (χ0v) is 16.6. The van der Waals surface area contributed by atoms with E-state index in [-0.39, 0.29) is 24.5 Å². The van der Waals surface area contributed by atoms with Crippen LogP contribution in [0.2, 0.25) is 0 Å². The number of halogens is 3. The number of aromatic nitrogens is 2. The molecule has 2 aromatic rings. The highest BCUT2D eigenvalue weighted by molar-refractivity contribution is 5.95. The number of carbonyl (C=O) groups excluding carboxylic acids is 2. The fourth-order valence-corrected chi connectivity index (χ4v) is 4.38. The van der Waals surface area contributed by atoms with Gasteiger partial charge in [0, 0.05) is 43.8 Å². The molecule has 2 aromatic heterocycles. The number of fused-ring (bicyclic) bond motifs is 1. The zero-order chi connectivity index (χ0) is 21.5. The molecule has 1 spiro atoms. The highest BCUT2D eigenvalue weighted by Crippen LogP contribution is 2.39. The van der Waals surface area contributed by atoms with Crippen LogP contribution in [0.1, 0.15) is 43.0 Å². The number of amides is 2. The molecule has 4 rings (SSSR count). The van der Waals surface area contributed by atoms with Gasteiger partial charge in [0.25, 0.3) is 5.91 Å². The van der Waals surface area contributed by atoms with Crippen molar-refractivity contribution in [2.45, 2.75) is 50.4 Å². The number of carbonyl (C=O) groups is 2. The number of imidazole rings is 1. The van der Waals surface area contributed by atoms with Crippen LogP contribution in [0.25, 0.3) is 5.65 Å². The first-order chi connectivity index (χ1) is 14.2. The van der Waals surface area contributed by atoms with Crippen LogP contribution >= 0.6 is 0 Å². The van der Waals surface area contributed by atoms with Crippen molar-refractivity contribution in [1.82, 2.24) is 19.2 Å². The van der Waals surface area contributed by atoms with Crippen LogP contribution in [0.4, 0.5) is 18.0 Å². The Kier molecular flexibility index (Phi) is 5.11. The average molecular weight is 424 g/mol. The molecular formula is C20H23F3N4O3. The third-order valence-electron chi connectivity index (χ3n) is 6.17. The summed E-state index contributed by atoms with van der Waals surface area (Å²) in [5, 5.41) is 0. The highest BCUT2D eigenvalue weighted by Gasteiger charge is 2.47. The van der Waals surface area contributed by atoms with Crippen molar-refractivity contribution in [3.8, 4) is 0 Å². The topological polar surface area (TPSA) is 67.2 Å². The van der Waals surface area contributed by atoms with Crippen molar-refractivity contribution in [3.63, 3.8) is 0 Å². The number of nitrogens with zero attached hydrogens (tertiary/aromatic N) is 4. The predicted octanol–water partition coefficient (Wildman–Crippen LogP) is 3.49. The maximum atomic E-state index is 13.2. The number of ether oxygens (including phenoxy) is 1. The lowest BCUT2D eigenvalue weighted by Crippen LogP contribution is -2.55. The van der Waals surface area contributed by atoms with Gasteiger partial charge >= 0.3 is 12.3 Å². The normalized spacial score (nSPS) is 20.0. The molecule has 2 fully saturated rings. The maximum absolute atomic E-state index is 13.2. The highest BCUT2D eigenvalue weighted by atomic mass is 19.4. The zero-order valence-electron chi connectivity index (χ0n) is 16.6. The van der Waals surface area contributed by atoms with Gasteiger partial charge in [0.15, 0.2) is 6.10 Å². The molecule has 2 saturated heterocycles. The lowest BCUT2D eigenvalue weighted by atomic mass is 9.84. The first kappa shape index (κ1) is 20.5. The molecule has 1 atom stereocenters. The molecule has 2 aliphatic heterocycles. The molecule has 10 heteroatoms. The van der Waals surface area contributed by atoms with Crippen LogP contribution in [-0.4, -0.2) is 68.6 Å². The summed E-state index contributed by atoms with van der Waals surface area (Å²) in [6, 6.07) is 3.54. The second-order valence-electron chi connectivity index (χ2n) is 7.95. The van der Waals surface area contributed by atoms with E-state index in [1.165, 1.54) is 4.90 Å². The van der Waals surface area contributed by atoms with Crippen molar-refractivity contribution in [2.24, 2.45) is 0 Å². The number of hydrogen-bond acceptors (Lipinski definition) is 4. The van der Waals surface area contributed by atoms with Crippen molar-refractivity contribution in [2.75, 3.05) is 19.6 Å². The molecule has 0 aliphatic carbocycles. The third-order valence-corrected chi connectivity index (χ3v) is 6.17. The second kappa shape index (κ2) is 7.48. The molecule has 0 saturated carbocycles. The van der Waals surface area contributed by atoms with E-state index in [2.05, 4.69) is 9.72 Å². The van der Waals surface area contributed by atoms with Gasteiger partial charge in [-0.25, -0.2) is 9.78 Å². The predicted molar refractivity (Wildman–Crippen MR) is 101 cm³/mol. The molecule has 2 amide bonds. The largest absolute Gasteiger partial charge is 0.437 e. The number of hydrogen-bond donors (Lipinski definition) is 0. The van der Waals surface area contributed by atoms with Gasteiger partial charge in [0.2, 0.25) is 0 Å². The summed E-state index contributed by atoms with van der Waals surface area (Å²) in [4.78, 5) is 32.7. The van der Waals surface area contributed by atoms with Crippen LogP contribution < -0.4 is 0 Å². The van der Waals surface area contributed by atoms with E-state index in [4.69, 9.17) is 0 Å². The van der Waals surface area contributed by atoms with Gasteiger partial charge in [-0.15, -0.1) is 0 Å². The van der Waals surface area contributed by atoms with E-state index >= 15 is 0 Å². The molecule has 0 N–H and O–H groups in total. The second-order valence-corrected chi connectivity index (χ2v) is 7.95.